The van der Waals surface area contributed by atoms with Gasteiger partial charge < -0.3 is 11.5 Å². The van der Waals surface area contributed by atoms with Gasteiger partial charge in [0.2, 0.25) is 0 Å². The van der Waals surface area contributed by atoms with E-state index < -0.39 is 16.5 Å². The first-order chi connectivity index (χ1) is 9.99. The Kier molecular flexibility index (Phi) is 9.24. The molecule has 0 fully saturated rings. The molecule has 4 N–H and O–H groups in total. The molecule has 0 spiro atoms. The van der Waals surface area contributed by atoms with Crippen molar-refractivity contribution in [2.75, 3.05) is 0 Å². The molecule has 2 aromatic rings. The van der Waals surface area contributed by atoms with Crippen LogP contribution >= 0.6 is 42.0 Å². The van der Waals surface area contributed by atoms with Crippen LogP contribution in [0.15, 0.2) is 48.5 Å². The summed E-state index contributed by atoms with van der Waals surface area (Å²) in [6.45, 7) is 0. The second-order valence-electron chi connectivity index (χ2n) is 4.20. The molecular formula is C14H14Cl4N2Pt. The van der Waals surface area contributed by atoms with Gasteiger partial charge in [-0.05, 0) is 35.4 Å². The van der Waals surface area contributed by atoms with Crippen molar-refractivity contribution >= 4 is 42.0 Å². The maximum atomic E-state index is 6.16. The normalized spacial score (nSPS) is 13.2. The molecule has 7 heteroatoms. The zero-order chi connectivity index (χ0) is 15.8. The summed E-state index contributed by atoms with van der Waals surface area (Å²) in [5.74, 6) is 0. The number of rotatable bonds is 3. The molecule has 0 aromatic heterocycles. The van der Waals surface area contributed by atoms with Crippen LogP contribution in [0.1, 0.15) is 23.2 Å². The van der Waals surface area contributed by atoms with Crippen LogP contribution in [0.4, 0.5) is 0 Å². The summed E-state index contributed by atoms with van der Waals surface area (Å²) in [6, 6.07) is 14.3. The summed E-state index contributed by atoms with van der Waals surface area (Å²) in [4.78, 5) is 0. The molecule has 0 saturated heterocycles. The quantitative estimate of drug-likeness (QED) is 0.565. The summed E-state index contributed by atoms with van der Waals surface area (Å²) < 4.78 is 0. The third kappa shape index (κ3) is 6.46. The van der Waals surface area contributed by atoms with Crippen LogP contribution in [0.2, 0.25) is 10.0 Å². The van der Waals surface area contributed by atoms with Crippen LogP contribution in [-0.4, -0.2) is 0 Å². The molecule has 0 bridgehead atoms. The summed E-state index contributed by atoms with van der Waals surface area (Å²) in [7, 11) is 9.75. The minimum atomic E-state index is -0.472. The molecule has 0 aliphatic carbocycles. The van der Waals surface area contributed by atoms with Gasteiger partial charge in [0.1, 0.15) is 0 Å². The fraction of sp³-hybridized carbons (Fsp3) is 0.143. The van der Waals surface area contributed by atoms with Gasteiger partial charge in [0.05, 0.1) is 0 Å². The first kappa shape index (κ1) is 19.3. The summed E-state index contributed by atoms with van der Waals surface area (Å²) in [5.41, 5.74) is 14.2. The van der Waals surface area contributed by atoms with Crippen LogP contribution in [0, 0.1) is 0 Å². The minimum absolute atomic E-state index is 0.275. The van der Waals surface area contributed by atoms with Crippen molar-refractivity contribution in [2.24, 2.45) is 11.5 Å². The Morgan fingerprint density at radius 2 is 0.905 bits per heavy atom. The summed E-state index contributed by atoms with van der Waals surface area (Å²) >= 11 is 11.2. The number of nitrogens with two attached hydrogens (primary N) is 2. The Bertz CT molecular complexity index is 484. The molecule has 0 unspecified atom stereocenters. The van der Waals surface area contributed by atoms with E-state index in [-0.39, 0.29) is 12.1 Å². The van der Waals surface area contributed by atoms with E-state index in [0.29, 0.717) is 10.0 Å². The van der Waals surface area contributed by atoms with Crippen LogP contribution in [0.25, 0.3) is 0 Å². The molecule has 2 aromatic carbocycles. The fourth-order valence-corrected chi connectivity index (χ4v) is 2.04. The second kappa shape index (κ2) is 10.1. The average Bonchev–Trinajstić information content (AvgIpc) is 2.48. The number of halogens is 4. The monoisotopic (exact) mass is 545 g/mol. The first-order valence-corrected chi connectivity index (χ1v) is 12.2. The van der Waals surface area contributed by atoms with E-state index >= 15 is 0 Å². The van der Waals surface area contributed by atoms with Crippen molar-refractivity contribution < 1.29 is 16.5 Å². The molecule has 0 saturated carbocycles. The van der Waals surface area contributed by atoms with Gasteiger partial charge in [0.15, 0.2) is 0 Å². The topological polar surface area (TPSA) is 52.0 Å². The molecule has 21 heavy (non-hydrogen) atoms. The molecule has 0 amide bonds. The molecule has 2 rings (SSSR count). The zero-order valence-corrected chi connectivity index (χ0v) is 16.1. The predicted molar refractivity (Wildman–Crippen MR) is 88.5 cm³/mol. The van der Waals surface area contributed by atoms with Gasteiger partial charge in [-0.15, -0.1) is 0 Å². The van der Waals surface area contributed by atoms with Crippen LogP contribution < -0.4 is 11.5 Å². The number of hydrogen-bond acceptors (Lipinski definition) is 2. The zero-order valence-electron chi connectivity index (χ0n) is 10.8. The summed E-state index contributed by atoms with van der Waals surface area (Å²) in [5, 5.41) is 1.37. The fourth-order valence-electron chi connectivity index (χ4n) is 1.78. The van der Waals surface area contributed by atoms with E-state index in [1.165, 1.54) is 0 Å². The predicted octanol–water partition coefficient (Wildman–Crippen LogP) is 5.07. The second-order valence-corrected chi connectivity index (χ2v) is 8.36. The molecule has 0 heterocycles. The van der Waals surface area contributed by atoms with Crippen molar-refractivity contribution in [3.63, 3.8) is 0 Å². The molecule has 0 radical (unpaired) electrons. The van der Waals surface area contributed by atoms with E-state index in [1.807, 2.05) is 48.5 Å². The molecule has 0 aliphatic rings. The van der Waals surface area contributed by atoms with Crippen molar-refractivity contribution in [1.29, 1.82) is 0 Å². The van der Waals surface area contributed by atoms with Gasteiger partial charge >= 0.3 is 35.3 Å². The van der Waals surface area contributed by atoms with Crippen LogP contribution in [0.3, 0.4) is 0 Å². The van der Waals surface area contributed by atoms with E-state index in [2.05, 4.69) is 0 Å². The van der Waals surface area contributed by atoms with Gasteiger partial charge in [-0.3, -0.25) is 0 Å². The molecular weight excluding hydrogens is 533 g/mol. The van der Waals surface area contributed by atoms with Gasteiger partial charge in [-0.2, -0.15) is 0 Å². The van der Waals surface area contributed by atoms with E-state index in [1.54, 1.807) is 0 Å². The van der Waals surface area contributed by atoms with Gasteiger partial charge in [-0.1, -0.05) is 47.5 Å². The number of benzene rings is 2. The molecule has 2 nitrogen and oxygen atoms in total. The van der Waals surface area contributed by atoms with Crippen molar-refractivity contribution in [3.05, 3.63) is 69.7 Å². The maximum absolute atomic E-state index is 6.16. The van der Waals surface area contributed by atoms with Crippen LogP contribution in [-0.2, 0) is 16.5 Å². The third-order valence-electron chi connectivity index (χ3n) is 2.90. The van der Waals surface area contributed by atoms with Crippen molar-refractivity contribution in [1.82, 2.24) is 0 Å². The van der Waals surface area contributed by atoms with Gasteiger partial charge in [-0.25, -0.2) is 0 Å². The van der Waals surface area contributed by atoms with E-state index in [0.717, 1.165) is 11.1 Å². The van der Waals surface area contributed by atoms with Crippen molar-refractivity contribution in [3.8, 4) is 0 Å². The molecule has 2 atom stereocenters. The Morgan fingerprint density at radius 1 is 0.667 bits per heavy atom. The van der Waals surface area contributed by atoms with E-state index in [9.17, 15) is 0 Å². The molecule has 118 valence electrons. The molecule has 0 aliphatic heterocycles. The Labute approximate surface area is 151 Å². The Morgan fingerprint density at radius 3 is 1.14 bits per heavy atom. The Balaban J connectivity index is 0.000000677. The first-order valence-electron chi connectivity index (χ1n) is 5.84. The number of hydrogen-bond donors (Lipinski definition) is 2. The van der Waals surface area contributed by atoms with Gasteiger partial charge in [0.25, 0.3) is 0 Å². The summed E-state index contributed by atoms with van der Waals surface area (Å²) in [6.07, 6.45) is 0. The van der Waals surface area contributed by atoms with Gasteiger partial charge in [0, 0.05) is 22.1 Å². The third-order valence-corrected chi connectivity index (χ3v) is 3.40. The Hall–Kier alpha value is 0.208. The van der Waals surface area contributed by atoms with Crippen LogP contribution in [0.5, 0.6) is 0 Å². The average molecular weight is 547 g/mol. The van der Waals surface area contributed by atoms with E-state index in [4.69, 9.17) is 53.5 Å². The standard InChI is InChI=1S/C14H14Cl2N2.2ClH.Pt/c15-11-5-1-9(2-6-11)13(17)14(18)10-3-7-12(16)8-4-10;;;/h1-8,13-14H,17-18H2;2*1H;/q;;;+2/p-2/t13-,14+;;;. The van der Waals surface area contributed by atoms with Crippen molar-refractivity contribution in [2.45, 2.75) is 12.1 Å². The SMILES string of the molecule is N[C@H](c1ccc(Cl)cc1)[C@@H](N)c1ccc(Cl)cc1.[Cl][Pt][Cl].